The number of fused-ring (bicyclic) bond motifs is 4. The Morgan fingerprint density at radius 3 is 2.13 bits per heavy atom. The first kappa shape index (κ1) is 27.9. The summed E-state index contributed by atoms with van der Waals surface area (Å²) in [7, 11) is 0. The van der Waals surface area contributed by atoms with Gasteiger partial charge in [0.25, 0.3) is 0 Å². The van der Waals surface area contributed by atoms with Crippen LogP contribution in [-0.4, -0.2) is 9.55 Å². The molecule has 224 valence electrons. The Morgan fingerprint density at radius 1 is 0.689 bits per heavy atom. The molecule has 0 saturated heterocycles. The number of imidazole rings is 1. The molecule has 1 fully saturated rings. The van der Waals surface area contributed by atoms with E-state index in [1.54, 1.807) is 0 Å². The molecule has 2 heterocycles. The largest absolute Gasteiger partial charge is 0.455 e. The van der Waals surface area contributed by atoms with Crippen LogP contribution >= 0.6 is 0 Å². The Labute approximate surface area is 265 Å². The van der Waals surface area contributed by atoms with Crippen LogP contribution in [0.4, 0.5) is 0 Å². The van der Waals surface area contributed by atoms with E-state index in [4.69, 9.17) is 9.40 Å². The molecule has 2 aromatic heterocycles. The van der Waals surface area contributed by atoms with Gasteiger partial charge in [-0.05, 0) is 94.8 Å². The van der Waals surface area contributed by atoms with E-state index in [1.165, 1.54) is 64.6 Å². The molecule has 8 rings (SSSR count). The number of furan rings is 1. The lowest BCUT2D eigenvalue weighted by Gasteiger charge is -2.24. The molecule has 5 aromatic carbocycles. The molecular weight excluding hydrogens is 548 g/mol. The molecule has 1 aliphatic rings. The van der Waals surface area contributed by atoms with Crippen molar-refractivity contribution in [1.29, 1.82) is 0 Å². The summed E-state index contributed by atoms with van der Waals surface area (Å²) in [5.74, 6) is 2.19. The van der Waals surface area contributed by atoms with E-state index >= 15 is 0 Å². The third-order valence-electron chi connectivity index (χ3n) is 9.89. The van der Waals surface area contributed by atoms with Crippen LogP contribution in [-0.2, 0) is 0 Å². The lowest BCUT2D eigenvalue weighted by molar-refractivity contribution is 0.664. The van der Waals surface area contributed by atoms with Gasteiger partial charge in [0, 0.05) is 10.8 Å². The first-order valence-corrected chi connectivity index (χ1v) is 16.6. The Bertz CT molecular complexity index is 2140. The molecule has 7 aromatic rings. The van der Waals surface area contributed by atoms with Gasteiger partial charge in [-0.2, -0.15) is 0 Å². The van der Waals surface area contributed by atoms with Gasteiger partial charge in [0.15, 0.2) is 0 Å². The third-order valence-corrected chi connectivity index (χ3v) is 9.89. The summed E-state index contributed by atoms with van der Waals surface area (Å²) in [6, 6.07) is 37.5. The molecule has 1 saturated carbocycles. The fraction of sp³-hybridized carbons (Fsp3) is 0.262. The molecule has 0 aliphatic heterocycles. The Morgan fingerprint density at radius 2 is 1.40 bits per heavy atom. The maximum absolute atomic E-state index is 6.80. The van der Waals surface area contributed by atoms with E-state index in [1.807, 2.05) is 0 Å². The summed E-state index contributed by atoms with van der Waals surface area (Å²) in [6.07, 6.45) is 5.21. The molecule has 0 bridgehead atoms. The van der Waals surface area contributed by atoms with Crippen molar-refractivity contribution >= 4 is 33.0 Å². The molecule has 0 amide bonds. The predicted octanol–water partition coefficient (Wildman–Crippen LogP) is 12.2. The van der Waals surface area contributed by atoms with Crippen LogP contribution in [0.1, 0.15) is 87.8 Å². The standard InChI is InChI=1S/C42H40N2O/c1-26(2)35-23-31(29-13-6-5-7-14-29)24-36(27(3)4)40(35)44-38-20-11-10-19-37(38)43-42(44)34-18-12-17-33-32-22-21-30(28-15-8-9-16-28)25-39(32)45-41(33)34/h5-7,10-14,17-28H,8-9,15-16H2,1-4H3. The lowest BCUT2D eigenvalue weighted by atomic mass is 9.88. The van der Waals surface area contributed by atoms with Gasteiger partial charge in [-0.3, -0.25) is 4.57 Å². The minimum atomic E-state index is 0.311. The van der Waals surface area contributed by atoms with Crippen molar-refractivity contribution < 1.29 is 4.42 Å². The minimum Gasteiger partial charge on any atom is -0.455 e. The number of para-hydroxylation sites is 3. The normalized spacial score (nSPS) is 14.2. The summed E-state index contributed by atoms with van der Waals surface area (Å²) >= 11 is 0. The molecule has 0 radical (unpaired) electrons. The second kappa shape index (κ2) is 11.1. The van der Waals surface area contributed by atoms with Crippen molar-refractivity contribution in [1.82, 2.24) is 9.55 Å². The summed E-state index contributed by atoms with van der Waals surface area (Å²) < 4.78 is 9.22. The molecule has 3 nitrogen and oxygen atoms in total. The van der Waals surface area contributed by atoms with Gasteiger partial charge < -0.3 is 4.42 Å². The highest BCUT2D eigenvalue weighted by Crippen LogP contribution is 2.43. The number of hydrogen-bond donors (Lipinski definition) is 0. The van der Waals surface area contributed by atoms with E-state index in [-0.39, 0.29) is 0 Å². The van der Waals surface area contributed by atoms with Crippen molar-refractivity contribution in [2.75, 3.05) is 0 Å². The highest BCUT2D eigenvalue weighted by molar-refractivity contribution is 6.09. The highest BCUT2D eigenvalue weighted by atomic mass is 16.3. The van der Waals surface area contributed by atoms with Crippen LogP contribution in [0, 0.1) is 0 Å². The number of aromatic nitrogens is 2. The second-order valence-electron chi connectivity index (χ2n) is 13.5. The fourth-order valence-corrected chi connectivity index (χ4v) is 7.55. The minimum absolute atomic E-state index is 0.311. The molecular formula is C42H40N2O. The van der Waals surface area contributed by atoms with Crippen LogP contribution in [0.15, 0.2) is 108 Å². The number of benzene rings is 5. The van der Waals surface area contributed by atoms with Crippen LogP contribution in [0.3, 0.4) is 0 Å². The van der Waals surface area contributed by atoms with E-state index in [0.717, 1.165) is 39.0 Å². The summed E-state index contributed by atoms with van der Waals surface area (Å²) in [6.45, 7) is 9.22. The van der Waals surface area contributed by atoms with Crippen molar-refractivity contribution in [2.45, 2.75) is 71.1 Å². The van der Waals surface area contributed by atoms with Gasteiger partial charge >= 0.3 is 0 Å². The zero-order valence-corrected chi connectivity index (χ0v) is 26.7. The van der Waals surface area contributed by atoms with Gasteiger partial charge in [-0.25, -0.2) is 4.98 Å². The third kappa shape index (κ3) is 4.68. The Kier molecular flexibility index (Phi) is 6.86. The quantitative estimate of drug-likeness (QED) is 0.193. The molecule has 0 spiro atoms. The Hall–Kier alpha value is -4.63. The average Bonchev–Trinajstić information content (AvgIpc) is 3.81. The topological polar surface area (TPSA) is 31.0 Å². The first-order valence-electron chi connectivity index (χ1n) is 16.6. The van der Waals surface area contributed by atoms with Crippen molar-refractivity contribution in [3.05, 3.63) is 120 Å². The zero-order valence-electron chi connectivity index (χ0n) is 26.7. The summed E-state index contributed by atoms with van der Waals surface area (Å²) in [4.78, 5) is 5.34. The molecule has 0 N–H and O–H groups in total. The smallest absolute Gasteiger partial charge is 0.149 e. The van der Waals surface area contributed by atoms with Gasteiger partial charge in [0.1, 0.15) is 17.0 Å². The van der Waals surface area contributed by atoms with E-state index in [0.29, 0.717) is 17.8 Å². The number of hydrogen-bond acceptors (Lipinski definition) is 2. The molecule has 3 heteroatoms. The zero-order chi connectivity index (χ0) is 30.7. The van der Waals surface area contributed by atoms with Crippen molar-refractivity contribution in [2.24, 2.45) is 0 Å². The van der Waals surface area contributed by atoms with Crippen LogP contribution in [0.2, 0.25) is 0 Å². The lowest BCUT2D eigenvalue weighted by Crippen LogP contribution is -2.09. The van der Waals surface area contributed by atoms with E-state index in [9.17, 15) is 0 Å². The molecule has 0 atom stereocenters. The second-order valence-corrected chi connectivity index (χ2v) is 13.5. The van der Waals surface area contributed by atoms with E-state index < -0.39 is 0 Å². The monoisotopic (exact) mass is 588 g/mol. The van der Waals surface area contributed by atoms with Crippen LogP contribution < -0.4 is 0 Å². The van der Waals surface area contributed by atoms with Gasteiger partial charge in [-0.15, -0.1) is 0 Å². The van der Waals surface area contributed by atoms with Gasteiger partial charge in [-0.1, -0.05) is 107 Å². The summed E-state index contributed by atoms with van der Waals surface area (Å²) in [5.41, 5.74) is 12.8. The molecule has 1 aliphatic carbocycles. The molecule has 45 heavy (non-hydrogen) atoms. The van der Waals surface area contributed by atoms with E-state index in [2.05, 4.69) is 135 Å². The maximum Gasteiger partial charge on any atom is 0.149 e. The van der Waals surface area contributed by atoms with Gasteiger partial charge in [0.05, 0.1) is 22.3 Å². The molecule has 0 unspecified atom stereocenters. The Balaban J connectivity index is 1.41. The first-order chi connectivity index (χ1) is 22.0. The van der Waals surface area contributed by atoms with Crippen LogP contribution in [0.25, 0.3) is 61.2 Å². The number of rotatable bonds is 6. The summed E-state index contributed by atoms with van der Waals surface area (Å²) in [5, 5.41) is 2.32. The van der Waals surface area contributed by atoms with Crippen molar-refractivity contribution in [3.8, 4) is 28.2 Å². The average molecular weight is 589 g/mol. The highest BCUT2D eigenvalue weighted by Gasteiger charge is 2.26. The van der Waals surface area contributed by atoms with Gasteiger partial charge in [0.2, 0.25) is 0 Å². The predicted molar refractivity (Wildman–Crippen MR) is 189 cm³/mol. The van der Waals surface area contributed by atoms with Crippen molar-refractivity contribution in [3.63, 3.8) is 0 Å². The SMILES string of the molecule is CC(C)c1cc(-c2ccccc2)cc(C(C)C)c1-n1c(-c2cccc3c2oc2cc(C4CCCC4)ccc23)nc2ccccc21. The fourth-order valence-electron chi connectivity index (χ4n) is 7.55. The maximum atomic E-state index is 6.80. The van der Waals surface area contributed by atoms with Crippen LogP contribution in [0.5, 0.6) is 0 Å². The number of nitrogens with zero attached hydrogens (tertiary/aromatic N) is 2.